The van der Waals surface area contributed by atoms with E-state index in [0.29, 0.717) is 10.6 Å². The number of rotatable bonds is 2. The zero-order valence-electron chi connectivity index (χ0n) is 8.91. The predicted octanol–water partition coefficient (Wildman–Crippen LogP) is 4.30. The number of nitrogens with zero attached hydrogens (tertiary/aromatic N) is 1. The Morgan fingerprint density at radius 3 is 2.50 bits per heavy atom. The van der Waals surface area contributed by atoms with Gasteiger partial charge in [0, 0.05) is 23.5 Å². The highest BCUT2D eigenvalue weighted by atomic mass is 35.5. The van der Waals surface area contributed by atoms with Crippen LogP contribution in [0.4, 0.5) is 13.2 Å². The van der Waals surface area contributed by atoms with Gasteiger partial charge in [0.15, 0.2) is 0 Å². The second-order valence-corrected chi connectivity index (χ2v) is 3.87. The zero-order valence-corrected chi connectivity index (χ0v) is 9.66. The first kappa shape index (κ1) is 12.7. The van der Waals surface area contributed by atoms with E-state index in [4.69, 9.17) is 11.6 Å². The minimum atomic E-state index is -4.73. The van der Waals surface area contributed by atoms with Gasteiger partial charge in [-0.15, -0.1) is 13.2 Å². The van der Waals surface area contributed by atoms with E-state index in [1.54, 1.807) is 6.07 Å². The van der Waals surface area contributed by atoms with Crippen LogP contribution in [0.1, 0.15) is 0 Å². The van der Waals surface area contributed by atoms with Gasteiger partial charge in [-0.25, -0.2) is 0 Å². The summed E-state index contributed by atoms with van der Waals surface area (Å²) in [6.45, 7) is 0. The lowest BCUT2D eigenvalue weighted by Crippen LogP contribution is -2.17. The number of halogens is 4. The Morgan fingerprint density at radius 2 is 1.83 bits per heavy atom. The van der Waals surface area contributed by atoms with E-state index < -0.39 is 6.36 Å². The number of benzene rings is 1. The van der Waals surface area contributed by atoms with Gasteiger partial charge in [0.2, 0.25) is 0 Å². The van der Waals surface area contributed by atoms with Crippen LogP contribution in [0, 0.1) is 0 Å². The number of aromatic nitrogens is 1. The fourth-order valence-corrected chi connectivity index (χ4v) is 1.65. The highest BCUT2D eigenvalue weighted by Gasteiger charge is 2.32. The summed E-state index contributed by atoms with van der Waals surface area (Å²) in [6, 6.07) is 7.34. The van der Waals surface area contributed by atoms with Gasteiger partial charge in [0.05, 0.1) is 5.02 Å². The molecule has 2 aromatic rings. The molecule has 2 nitrogen and oxygen atoms in total. The van der Waals surface area contributed by atoms with Gasteiger partial charge < -0.3 is 4.74 Å². The van der Waals surface area contributed by atoms with Gasteiger partial charge >= 0.3 is 6.36 Å². The second-order valence-electron chi connectivity index (χ2n) is 3.44. The maximum Gasteiger partial charge on any atom is 0.573 e. The molecule has 0 aliphatic heterocycles. The first-order valence-electron chi connectivity index (χ1n) is 4.91. The van der Waals surface area contributed by atoms with Crippen molar-refractivity contribution in [3.05, 3.63) is 47.7 Å². The summed E-state index contributed by atoms with van der Waals surface area (Å²) in [4.78, 5) is 3.83. The van der Waals surface area contributed by atoms with Crippen molar-refractivity contribution < 1.29 is 17.9 Å². The summed E-state index contributed by atoms with van der Waals surface area (Å²) in [5, 5.41) is 0.342. The van der Waals surface area contributed by atoms with Gasteiger partial charge in [0.1, 0.15) is 5.75 Å². The van der Waals surface area contributed by atoms with Gasteiger partial charge in [-0.3, -0.25) is 4.98 Å². The Balaban J connectivity index is 2.45. The minimum absolute atomic E-state index is 0.282. The Morgan fingerprint density at radius 1 is 1.11 bits per heavy atom. The molecule has 0 aliphatic rings. The number of pyridine rings is 1. The van der Waals surface area contributed by atoms with Crippen LogP contribution in [0.5, 0.6) is 5.75 Å². The van der Waals surface area contributed by atoms with Crippen LogP contribution < -0.4 is 4.74 Å². The fraction of sp³-hybridized carbons (Fsp3) is 0.0833. The Bertz CT molecular complexity index is 557. The molecule has 6 heteroatoms. The maximum absolute atomic E-state index is 12.3. The smallest absolute Gasteiger partial charge is 0.405 e. The predicted molar refractivity (Wildman–Crippen MR) is 61.4 cm³/mol. The molecule has 1 heterocycles. The molecule has 0 saturated heterocycles. The number of para-hydroxylation sites is 1. The Kier molecular flexibility index (Phi) is 3.43. The molecule has 0 fully saturated rings. The standard InChI is InChI=1S/C12H7ClF3NO/c13-9-5-8(6-17-7-9)10-3-1-2-4-11(10)18-12(14,15)16/h1-7H. The van der Waals surface area contributed by atoms with Crippen LogP contribution in [0.3, 0.4) is 0 Å². The third kappa shape index (κ3) is 3.13. The lowest BCUT2D eigenvalue weighted by atomic mass is 10.1. The van der Waals surface area contributed by atoms with Crippen molar-refractivity contribution in [1.82, 2.24) is 4.98 Å². The van der Waals surface area contributed by atoms with Gasteiger partial charge in [0.25, 0.3) is 0 Å². The van der Waals surface area contributed by atoms with Gasteiger partial charge in [-0.1, -0.05) is 29.8 Å². The quantitative estimate of drug-likeness (QED) is 0.814. The van der Waals surface area contributed by atoms with E-state index >= 15 is 0 Å². The third-order valence-corrected chi connectivity index (χ3v) is 2.34. The Labute approximate surface area is 106 Å². The number of hydrogen-bond donors (Lipinski definition) is 0. The number of alkyl halides is 3. The molecular formula is C12H7ClF3NO. The summed E-state index contributed by atoms with van der Waals surface area (Å²) in [5.74, 6) is -0.283. The molecule has 0 aliphatic carbocycles. The third-order valence-electron chi connectivity index (χ3n) is 2.13. The van der Waals surface area contributed by atoms with E-state index in [1.807, 2.05) is 0 Å². The summed E-state index contributed by atoms with van der Waals surface area (Å²) in [7, 11) is 0. The summed E-state index contributed by atoms with van der Waals surface area (Å²) in [6.07, 6.45) is -1.91. The first-order valence-corrected chi connectivity index (χ1v) is 5.29. The fourth-order valence-electron chi connectivity index (χ4n) is 1.48. The molecule has 1 aromatic carbocycles. The normalized spacial score (nSPS) is 11.3. The summed E-state index contributed by atoms with van der Waals surface area (Å²) in [5.41, 5.74) is 0.743. The summed E-state index contributed by atoms with van der Waals surface area (Å²) < 4.78 is 40.7. The van der Waals surface area contributed by atoms with E-state index in [-0.39, 0.29) is 11.3 Å². The van der Waals surface area contributed by atoms with E-state index in [9.17, 15) is 13.2 Å². The van der Waals surface area contributed by atoms with Crippen LogP contribution in [-0.4, -0.2) is 11.3 Å². The molecule has 0 N–H and O–H groups in total. The first-order chi connectivity index (χ1) is 8.46. The van der Waals surface area contributed by atoms with Crippen LogP contribution in [0.25, 0.3) is 11.1 Å². The monoisotopic (exact) mass is 273 g/mol. The average Bonchev–Trinajstić information content (AvgIpc) is 2.27. The average molecular weight is 274 g/mol. The zero-order chi connectivity index (χ0) is 13.2. The van der Waals surface area contributed by atoms with Crippen molar-refractivity contribution in [3.8, 4) is 16.9 Å². The molecule has 0 atom stereocenters. The van der Waals surface area contributed by atoms with Crippen molar-refractivity contribution in [2.45, 2.75) is 6.36 Å². The van der Waals surface area contributed by atoms with Crippen molar-refractivity contribution in [2.75, 3.05) is 0 Å². The highest BCUT2D eigenvalue weighted by molar-refractivity contribution is 6.30. The highest BCUT2D eigenvalue weighted by Crippen LogP contribution is 2.33. The molecule has 18 heavy (non-hydrogen) atoms. The van der Waals surface area contributed by atoms with Gasteiger partial charge in [-0.2, -0.15) is 0 Å². The largest absolute Gasteiger partial charge is 0.573 e. The molecule has 0 saturated carbocycles. The molecule has 0 spiro atoms. The van der Waals surface area contributed by atoms with E-state index in [2.05, 4.69) is 9.72 Å². The molecule has 1 aromatic heterocycles. The maximum atomic E-state index is 12.3. The van der Waals surface area contributed by atoms with E-state index in [0.717, 1.165) is 0 Å². The van der Waals surface area contributed by atoms with Crippen LogP contribution in [0.15, 0.2) is 42.7 Å². The molecule has 0 unspecified atom stereocenters. The summed E-state index contributed by atoms with van der Waals surface area (Å²) >= 11 is 5.75. The topological polar surface area (TPSA) is 22.1 Å². The molecule has 2 rings (SSSR count). The van der Waals surface area contributed by atoms with Gasteiger partial charge in [-0.05, 0) is 12.1 Å². The van der Waals surface area contributed by atoms with Crippen LogP contribution >= 0.6 is 11.6 Å². The van der Waals surface area contributed by atoms with Crippen molar-refractivity contribution in [2.24, 2.45) is 0 Å². The molecule has 0 radical (unpaired) electrons. The molecular weight excluding hydrogens is 267 g/mol. The lowest BCUT2D eigenvalue weighted by molar-refractivity contribution is -0.274. The Hall–Kier alpha value is -1.75. The number of hydrogen-bond acceptors (Lipinski definition) is 2. The molecule has 0 amide bonds. The molecule has 0 bridgehead atoms. The van der Waals surface area contributed by atoms with Crippen LogP contribution in [-0.2, 0) is 0 Å². The van der Waals surface area contributed by atoms with E-state index in [1.165, 1.54) is 36.7 Å². The minimum Gasteiger partial charge on any atom is -0.405 e. The second kappa shape index (κ2) is 4.86. The van der Waals surface area contributed by atoms with Crippen molar-refractivity contribution in [3.63, 3.8) is 0 Å². The molecule has 94 valence electrons. The van der Waals surface area contributed by atoms with Crippen LogP contribution in [0.2, 0.25) is 5.02 Å². The SMILES string of the molecule is FC(F)(F)Oc1ccccc1-c1cncc(Cl)c1. The van der Waals surface area contributed by atoms with Crippen molar-refractivity contribution in [1.29, 1.82) is 0 Å². The lowest BCUT2D eigenvalue weighted by Gasteiger charge is -2.13. The number of ether oxygens (including phenoxy) is 1. The van der Waals surface area contributed by atoms with Crippen molar-refractivity contribution >= 4 is 11.6 Å².